The Morgan fingerprint density at radius 3 is 2.64 bits per heavy atom. The lowest BCUT2D eigenvalue weighted by molar-refractivity contribution is -0.138. The number of carboxylic acid groups (broad SMARTS) is 1. The second-order valence-electron chi connectivity index (χ2n) is 5.81. The summed E-state index contributed by atoms with van der Waals surface area (Å²) in [7, 11) is 0. The maximum Gasteiger partial charge on any atom is 0.303 e. The van der Waals surface area contributed by atoms with Crippen molar-refractivity contribution >= 4 is 40.5 Å². The SMILES string of the molecule is CC(=NNC(=O)c1cccs1)c1cc2c(cc1NC(=O)CCC(=O)O)OCO2. The molecular weight excluding hydrogens is 386 g/mol. The van der Waals surface area contributed by atoms with Crippen LogP contribution in [0, 0.1) is 0 Å². The van der Waals surface area contributed by atoms with Crippen LogP contribution in [0.2, 0.25) is 0 Å². The summed E-state index contributed by atoms with van der Waals surface area (Å²) in [6.45, 7) is 1.72. The summed E-state index contributed by atoms with van der Waals surface area (Å²) >= 11 is 1.29. The molecule has 0 fully saturated rings. The third kappa shape index (κ3) is 4.65. The number of hydrogen-bond donors (Lipinski definition) is 3. The smallest absolute Gasteiger partial charge is 0.303 e. The molecule has 0 spiro atoms. The van der Waals surface area contributed by atoms with Gasteiger partial charge in [-0.1, -0.05) is 6.07 Å². The van der Waals surface area contributed by atoms with E-state index in [2.05, 4.69) is 15.8 Å². The Labute approximate surface area is 164 Å². The Morgan fingerprint density at radius 2 is 1.96 bits per heavy atom. The van der Waals surface area contributed by atoms with Gasteiger partial charge in [-0.15, -0.1) is 11.3 Å². The van der Waals surface area contributed by atoms with Gasteiger partial charge < -0.3 is 19.9 Å². The van der Waals surface area contributed by atoms with Gasteiger partial charge in [0, 0.05) is 18.1 Å². The van der Waals surface area contributed by atoms with E-state index in [9.17, 15) is 14.4 Å². The average molecular weight is 403 g/mol. The Hall–Kier alpha value is -3.40. The van der Waals surface area contributed by atoms with Crippen LogP contribution in [0.15, 0.2) is 34.7 Å². The number of nitrogens with one attached hydrogen (secondary N) is 2. The first-order chi connectivity index (χ1) is 13.4. The van der Waals surface area contributed by atoms with Gasteiger partial charge >= 0.3 is 5.97 Å². The van der Waals surface area contributed by atoms with Crippen molar-refractivity contribution in [3.63, 3.8) is 0 Å². The summed E-state index contributed by atoms with van der Waals surface area (Å²) in [4.78, 5) is 35.3. The summed E-state index contributed by atoms with van der Waals surface area (Å²) < 4.78 is 10.7. The highest BCUT2D eigenvalue weighted by molar-refractivity contribution is 7.12. The minimum Gasteiger partial charge on any atom is -0.481 e. The van der Waals surface area contributed by atoms with Gasteiger partial charge in [0.05, 0.1) is 22.7 Å². The molecule has 10 heteroatoms. The van der Waals surface area contributed by atoms with E-state index >= 15 is 0 Å². The monoisotopic (exact) mass is 403 g/mol. The predicted octanol–water partition coefficient (Wildman–Crippen LogP) is 2.43. The van der Waals surface area contributed by atoms with E-state index in [0.717, 1.165) is 0 Å². The summed E-state index contributed by atoms with van der Waals surface area (Å²) in [6.07, 6.45) is -0.454. The standard InChI is InChI=1S/C18H17N3O6S/c1-10(20-21-18(25)15-3-2-6-28-15)11-7-13-14(27-9-26-13)8-12(11)19-16(22)4-5-17(23)24/h2-3,6-8H,4-5,9H2,1H3,(H,19,22)(H,21,25)(H,23,24). The van der Waals surface area contributed by atoms with Crippen LogP contribution < -0.4 is 20.2 Å². The van der Waals surface area contributed by atoms with Gasteiger partial charge in [0.15, 0.2) is 11.5 Å². The first-order valence-electron chi connectivity index (χ1n) is 8.28. The van der Waals surface area contributed by atoms with Crippen LogP contribution in [0.3, 0.4) is 0 Å². The molecule has 0 unspecified atom stereocenters. The van der Waals surface area contributed by atoms with Crippen molar-refractivity contribution in [3.05, 3.63) is 40.1 Å². The number of carbonyl (C=O) groups excluding carboxylic acids is 2. The van der Waals surface area contributed by atoms with Crippen LogP contribution >= 0.6 is 11.3 Å². The molecule has 28 heavy (non-hydrogen) atoms. The van der Waals surface area contributed by atoms with Gasteiger partial charge in [0.2, 0.25) is 12.7 Å². The number of rotatable bonds is 7. The second-order valence-corrected chi connectivity index (χ2v) is 6.76. The highest BCUT2D eigenvalue weighted by Gasteiger charge is 2.20. The molecule has 1 aliphatic heterocycles. The number of carbonyl (C=O) groups is 3. The van der Waals surface area contributed by atoms with Gasteiger partial charge in [-0.05, 0) is 24.4 Å². The van der Waals surface area contributed by atoms with Gasteiger partial charge in [-0.3, -0.25) is 14.4 Å². The first-order valence-corrected chi connectivity index (χ1v) is 9.16. The van der Waals surface area contributed by atoms with Gasteiger partial charge in [-0.25, -0.2) is 5.43 Å². The van der Waals surface area contributed by atoms with Crippen LogP contribution in [0.25, 0.3) is 0 Å². The van der Waals surface area contributed by atoms with Crippen molar-refractivity contribution < 1.29 is 29.0 Å². The highest BCUT2D eigenvalue weighted by Crippen LogP contribution is 2.37. The van der Waals surface area contributed by atoms with Crippen LogP contribution in [0.4, 0.5) is 5.69 Å². The second kappa shape index (κ2) is 8.53. The molecule has 1 aromatic carbocycles. The fourth-order valence-electron chi connectivity index (χ4n) is 2.44. The number of aliphatic carboxylic acids is 1. The van der Waals surface area contributed by atoms with Gasteiger partial charge in [0.1, 0.15) is 0 Å². The molecule has 1 aromatic heterocycles. The lowest BCUT2D eigenvalue weighted by atomic mass is 10.1. The minimum atomic E-state index is -1.06. The molecule has 2 amide bonds. The number of amides is 2. The maximum absolute atomic E-state index is 12.1. The first kappa shape index (κ1) is 19.4. The third-order valence-corrected chi connectivity index (χ3v) is 4.68. The molecule has 0 bridgehead atoms. The summed E-state index contributed by atoms with van der Waals surface area (Å²) in [5, 5.41) is 17.3. The molecule has 146 valence electrons. The van der Waals surface area contributed by atoms with E-state index in [-0.39, 0.29) is 25.5 Å². The van der Waals surface area contributed by atoms with E-state index in [1.54, 1.807) is 36.6 Å². The zero-order valence-electron chi connectivity index (χ0n) is 14.9. The normalized spacial score (nSPS) is 12.5. The van der Waals surface area contributed by atoms with Gasteiger partial charge in [0.25, 0.3) is 5.91 Å². The van der Waals surface area contributed by atoms with Crippen molar-refractivity contribution in [2.45, 2.75) is 19.8 Å². The van der Waals surface area contributed by atoms with Crippen molar-refractivity contribution in [2.75, 3.05) is 12.1 Å². The van der Waals surface area contributed by atoms with Crippen LogP contribution in [-0.4, -0.2) is 35.4 Å². The minimum absolute atomic E-state index is 0.0521. The quantitative estimate of drug-likeness (QED) is 0.481. The van der Waals surface area contributed by atoms with Crippen molar-refractivity contribution in [1.29, 1.82) is 0 Å². The Morgan fingerprint density at radius 1 is 1.21 bits per heavy atom. The lowest BCUT2D eigenvalue weighted by Crippen LogP contribution is -2.19. The van der Waals surface area contributed by atoms with E-state index in [4.69, 9.17) is 14.6 Å². The number of fused-ring (bicyclic) bond motifs is 1. The number of anilines is 1. The molecular formula is C18H17N3O6S. The topological polar surface area (TPSA) is 126 Å². The molecule has 0 radical (unpaired) electrons. The number of nitrogens with zero attached hydrogens (tertiary/aromatic N) is 1. The molecule has 0 aliphatic carbocycles. The van der Waals surface area contributed by atoms with Crippen LogP contribution in [0.5, 0.6) is 11.5 Å². The number of carboxylic acids is 1. The number of thiophene rings is 1. The van der Waals surface area contributed by atoms with E-state index in [1.807, 2.05) is 0 Å². The predicted molar refractivity (Wildman–Crippen MR) is 102 cm³/mol. The molecule has 9 nitrogen and oxygen atoms in total. The zero-order valence-corrected chi connectivity index (χ0v) is 15.7. The van der Waals surface area contributed by atoms with E-state index in [1.165, 1.54) is 11.3 Å². The van der Waals surface area contributed by atoms with Crippen LogP contribution in [-0.2, 0) is 9.59 Å². The van der Waals surface area contributed by atoms with Crippen molar-refractivity contribution in [2.24, 2.45) is 5.10 Å². The lowest BCUT2D eigenvalue weighted by Gasteiger charge is -2.12. The fraction of sp³-hybridized carbons (Fsp3) is 0.222. The summed E-state index contributed by atoms with van der Waals surface area (Å²) in [5.41, 5.74) is 3.79. The molecule has 1 aliphatic rings. The fourth-order valence-corrected chi connectivity index (χ4v) is 3.05. The number of benzene rings is 1. The molecule has 0 saturated carbocycles. The molecule has 3 N–H and O–H groups in total. The number of hydrazone groups is 1. The Bertz CT molecular complexity index is 939. The maximum atomic E-state index is 12.1. The number of ether oxygens (including phenoxy) is 2. The molecule has 3 rings (SSSR count). The van der Waals surface area contributed by atoms with E-state index in [0.29, 0.717) is 33.3 Å². The molecule has 2 aromatic rings. The highest BCUT2D eigenvalue weighted by atomic mass is 32.1. The molecule has 0 atom stereocenters. The molecule has 0 saturated heterocycles. The van der Waals surface area contributed by atoms with Gasteiger partial charge in [-0.2, -0.15) is 5.10 Å². The van der Waals surface area contributed by atoms with E-state index < -0.39 is 11.9 Å². The Kier molecular flexibility index (Phi) is 5.90. The largest absolute Gasteiger partial charge is 0.481 e. The summed E-state index contributed by atoms with van der Waals surface area (Å²) in [5.74, 6) is -0.930. The number of hydrogen-bond acceptors (Lipinski definition) is 7. The van der Waals surface area contributed by atoms with Crippen molar-refractivity contribution in [3.8, 4) is 11.5 Å². The Balaban J connectivity index is 1.81. The summed E-state index contributed by atoms with van der Waals surface area (Å²) in [6, 6.07) is 6.67. The third-order valence-electron chi connectivity index (χ3n) is 3.81. The zero-order chi connectivity index (χ0) is 20.1. The van der Waals surface area contributed by atoms with Crippen LogP contribution in [0.1, 0.15) is 35.0 Å². The van der Waals surface area contributed by atoms with Crippen molar-refractivity contribution in [1.82, 2.24) is 5.43 Å². The average Bonchev–Trinajstić information content (AvgIpc) is 3.34. The molecule has 2 heterocycles.